The van der Waals surface area contributed by atoms with Crippen molar-refractivity contribution in [2.24, 2.45) is 11.8 Å². The molecule has 1 rings (SSSR count). The highest BCUT2D eigenvalue weighted by molar-refractivity contribution is 5.79. The summed E-state index contributed by atoms with van der Waals surface area (Å²) < 4.78 is 16.9. The molecule has 0 spiro atoms. The van der Waals surface area contributed by atoms with Gasteiger partial charge in [0.25, 0.3) is 0 Å². The van der Waals surface area contributed by atoms with Gasteiger partial charge in [-0.25, -0.2) is 0 Å². The molecule has 0 aliphatic carbocycles. The number of carbonyl (C=O) groups is 2. The van der Waals surface area contributed by atoms with E-state index in [0.29, 0.717) is 0 Å². The Morgan fingerprint density at radius 2 is 1.56 bits per heavy atom. The maximum atomic E-state index is 12.5. The Morgan fingerprint density at radius 1 is 1.00 bits per heavy atom. The van der Waals surface area contributed by atoms with Gasteiger partial charge in [-0.1, -0.05) is 38.5 Å². The van der Waals surface area contributed by atoms with Crippen LogP contribution in [0.5, 0.6) is 5.75 Å². The van der Waals surface area contributed by atoms with E-state index >= 15 is 0 Å². The minimum atomic E-state index is -0.576. The van der Waals surface area contributed by atoms with Crippen LogP contribution in [0.15, 0.2) is 24.3 Å². The minimum Gasteiger partial charge on any atom is -0.487 e. The number of esters is 2. The van der Waals surface area contributed by atoms with Crippen LogP contribution >= 0.6 is 0 Å². The summed E-state index contributed by atoms with van der Waals surface area (Å²) in [6.45, 7) is 14.9. The number of hydrogen-bond donors (Lipinski definition) is 0. The molecule has 0 radical (unpaired) electrons. The molecular formula is C22H34O5. The molecule has 0 saturated carbocycles. The summed E-state index contributed by atoms with van der Waals surface area (Å²) >= 11 is 0. The van der Waals surface area contributed by atoms with Crippen molar-refractivity contribution in [1.82, 2.24) is 0 Å². The summed E-state index contributed by atoms with van der Waals surface area (Å²) in [6, 6.07) is 7.75. The molecule has 1 aromatic rings. The van der Waals surface area contributed by atoms with E-state index in [2.05, 4.69) is 0 Å². The van der Waals surface area contributed by atoms with Crippen LogP contribution in [-0.2, 0) is 19.1 Å². The van der Waals surface area contributed by atoms with Crippen molar-refractivity contribution in [3.63, 3.8) is 0 Å². The zero-order valence-electron chi connectivity index (χ0n) is 17.9. The maximum Gasteiger partial charge on any atom is 0.309 e. The Hall–Kier alpha value is -2.04. The van der Waals surface area contributed by atoms with E-state index in [0.717, 1.165) is 11.3 Å². The molecule has 1 aromatic carbocycles. The molecule has 0 aromatic heterocycles. The summed E-state index contributed by atoms with van der Waals surface area (Å²) in [7, 11) is 0. The van der Waals surface area contributed by atoms with E-state index in [4.69, 9.17) is 14.2 Å². The predicted octanol–water partition coefficient (Wildman–Crippen LogP) is 4.70. The van der Waals surface area contributed by atoms with Gasteiger partial charge in [0.2, 0.25) is 0 Å². The first-order valence-corrected chi connectivity index (χ1v) is 9.54. The summed E-state index contributed by atoms with van der Waals surface area (Å²) in [6.07, 6.45) is -0.737. The van der Waals surface area contributed by atoms with Crippen molar-refractivity contribution in [3.8, 4) is 5.75 Å². The Balaban J connectivity index is 2.67. The lowest BCUT2D eigenvalue weighted by atomic mass is 10.0. The Kier molecular flexibility index (Phi) is 8.32. The highest BCUT2D eigenvalue weighted by Gasteiger charge is 2.30. The van der Waals surface area contributed by atoms with E-state index in [-0.39, 0.29) is 18.4 Å². The molecule has 5 heteroatoms. The molecule has 152 valence electrons. The third-order valence-corrected chi connectivity index (χ3v) is 4.01. The topological polar surface area (TPSA) is 61.8 Å². The molecule has 0 aliphatic rings. The van der Waals surface area contributed by atoms with Crippen molar-refractivity contribution in [2.45, 2.75) is 79.6 Å². The van der Waals surface area contributed by atoms with E-state index in [1.165, 1.54) is 0 Å². The SMILES string of the molecule is Cc1ccc(O[C@@H](C)[C@H](OC(=O)[C@H](C)CC(=O)OC(C)(C)C)C(C)C)cc1. The lowest BCUT2D eigenvalue weighted by Crippen LogP contribution is -2.39. The number of carbonyl (C=O) groups excluding carboxylic acids is 2. The standard InChI is InChI=1S/C22H34O5/c1-14(2)20(17(5)25-18-11-9-15(3)10-12-18)26-21(24)16(4)13-19(23)27-22(6,7)8/h9-12,14,16-17,20H,13H2,1-8H3/t16-,17+,20-/m1/s1. The number of rotatable bonds is 8. The lowest BCUT2D eigenvalue weighted by molar-refractivity contribution is -0.167. The van der Waals surface area contributed by atoms with Gasteiger partial charge >= 0.3 is 11.9 Å². The summed E-state index contributed by atoms with van der Waals surface area (Å²) in [4.78, 5) is 24.4. The summed E-state index contributed by atoms with van der Waals surface area (Å²) in [5, 5.41) is 0. The number of hydrogen-bond acceptors (Lipinski definition) is 5. The molecule has 0 aliphatic heterocycles. The largest absolute Gasteiger partial charge is 0.487 e. The Labute approximate surface area is 163 Å². The van der Waals surface area contributed by atoms with Gasteiger partial charge in [0.1, 0.15) is 23.6 Å². The monoisotopic (exact) mass is 378 g/mol. The number of ether oxygens (including phenoxy) is 3. The Morgan fingerprint density at radius 3 is 2.04 bits per heavy atom. The molecule has 0 heterocycles. The lowest BCUT2D eigenvalue weighted by Gasteiger charge is -2.29. The molecule has 3 atom stereocenters. The van der Waals surface area contributed by atoms with Crippen LogP contribution in [0.4, 0.5) is 0 Å². The average molecular weight is 379 g/mol. The molecule has 27 heavy (non-hydrogen) atoms. The maximum absolute atomic E-state index is 12.5. The van der Waals surface area contributed by atoms with Crippen molar-refractivity contribution in [3.05, 3.63) is 29.8 Å². The van der Waals surface area contributed by atoms with Crippen molar-refractivity contribution in [2.75, 3.05) is 0 Å². The fourth-order valence-electron chi connectivity index (χ4n) is 2.64. The summed E-state index contributed by atoms with van der Waals surface area (Å²) in [5.41, 5.74) is 0.579. The third-order valence-electron chi connectivity index (χ3n) is 4.01. The molecule has 0 unspecified atom stereocenters. The van der Waals surface area contributed by atoms with Crippen LogP contribution in [0, 0.1) is 18.8 Å². The van der Waals surface area contributed by atoms with E-state index in [1.807, 2.05) is 52.0 Å². The van der Waals surface area contributed by atoms with Crippen LogP contribution in [0.1, 0.15) is 60.5 Å². The van der Waals surface area contributed by atoms with Gasteiger partial charge in [0.15, 0.2) is 0 Å². The van der Waals surface area contributed by atoms with Gasteiger partial charge in [-0.15, -0.1) is 0 Å². The van der Waals surface area contributed by atoms with Gasteiger partial charge in [-0.3, -0.25) is 9.59 Å². The molecule has 0 fully saturated rings. The first kappa shape index (κ1) is 23.0. The highest BCUT2D eigenvalue weighted by Crippen LogP contribution is 2.21. The second kappa shape index (κ2) is 9.77. The van der Waals surface area contributed by atoms with Crippen LogP contribution in [0.2, 0.25) is 0 Å². The van der Waals surface area contributed by atoms with Crippen LogP contribution in [0.3, 0.4) is 0 Å². The zero-order chi connectivity index (χ0) is 20.8. The first-order chi connectivity index (χ1) is 12.4. The van der Waals surface area contributed by atoms with Crippen molar-refractivity contribution < 1.29 is 23.8 Å². The summed E-state index contributed by atoms with van der Waals surface area (Å²) in [5.74, 6) is -0.594. The Bertz CT molecular complexity index is 613. The van der Waals surface area contributed by atoms with Crippen LogP contribution in [-0.4, -0.2) is 29.7 Å². The van der Waals surface area contributed by atoms with Gasteiger partial charge in [0.05, 0.1) is 12.3 Å². The molecule has 0 saturated heterocycles. The molecule has 0 N–H and O–H groups in total. The normalized spacial score (nSPS) is 15.0. The van der Waals surface area contributed by atoms with Crippen LogP contribution in [0.25, 0.3) is 0 Å². The second-order valence-electron chi connectivity index (χ2n) is 8.47. The van der Waals surface area contributed by atoms with Gasteiger partial charge in [-0.05, 0) is 52.7 Å². The number of aryl methyl sites for hydroxylation is 1. The van der Waals surface area contributed by atoms with E-state index < -0.39 is 29.6 Å². The quantitative estimate of drug-likeness (QED) is 0.614. The molecular weight excluding hydrogens is 344 g/mol. The molecule has 0 bridgehead atoms. The zero-order valence-corrected chi connectivity index (χ0v) is 17.9. The minimum absolute atomic E-state index is 0.00583. The first-order valence-electron chi connectivity index (χ1n) is 9.54. The van der Waals surface area contributed by atoms with E-state index in [9.17, 15) is 9.59 Å². The molecule has 5 nitrogen and oxygen atoms in total. The fraction of sp³-hybridized carbons (Fsp3) is 0.636. The van der Waals surface area contributed by atoms with Crippen LogP contribution < -0.4 is 4.74 Å². The smallest absolute Gasteiger partial charge is 0.309 e. The second-order valence-corrected chi connectivity index (χ2v) is 8.47. The number of benzene rings is 1. The van der Waals surface area contributed by atoms with Gasteiger partial charge in [0, 0.05) is 0 Å². The van der Waals surface area contributed by atoms with Crippen molar-refractivity contribution in [1.29, 1.82) is 0 Å². The fourth-order valence-corrected chi connectivity index (χ4v) is 2.64. The molecule has 0 amide bonds. The van der Waals surface area contributed by atoms with Gasteiger partial charge in [-0.2, -0.15) is 0 Å². The average Bonchev–Trinajstić information content (AvgIpc) is 2.52. The van der Waals surface area contributed by atoms with Crippen molar-refractivity contribution >= 4 is 11.9 Å². The van der Waals surface area contributed by atoms with Gasteiger partial charge < -0.3 is 14.2 Å². The van der Waals surface area contributed by atoms with E-state index in [1.54, 1.807) is 27.7 Å². The highest BCUT2D eigenvalue weighted by atomic mass is 16.6. The third kappa shape index (κ3) is 8.46. The predicted molar refractivity (Wildman–Crippen MR) is 106 cm³/mol.